The van der Waals surface area contributed by atoms with Crippen molar-refractivity contribution < 1.29 is 22.7 Å². The molecule has 28 heavy (non-hydrogen) atoms. The lowest BCUT2D eigenvalue weighted by Crippen LogP contribution is -2.55. The number of hydrogen-bond acceptors (Lipinski definition) is 5. The SMILES string of the molecule is O=C([C@H]1COc2ccccc2O1)N1CCN(S(=O)(=O)c2cccc(Br)c2)CC1. The third-order valence-electron chi connectivity index (χ3n) is 4.77. The molecule has 7 nitrogen and oxygen atoms in total. The maximum Gasteiger partial charge on any atom is 0.267 e. The number of piperazine rings is 1. The minimum absolute atomic E-state index is 0.145. The van der Waals surface area contributed by atoms with E-state index in [0.29, 0.717) is 29.1 Å². The van der Waals surface area contributed by atoms with Gasteiger partial charge < -0.3 is 14.4 Å². The molecule has 0 saturated carbocycles. The zero-order valence-electron chi connectivity index (χ0n) is 15.0. The Bertz CT molecular complexity index is 989. The van der Waals surface area contributed by atoms with Crippen molar-refractivity contribution in [1.82, 2.24) is 9.21 Å². The molecule has 2 aliphatic heterocycles. The van der Waals surface area contributed by atoms with Gasteiger partial charge in [-0.3, -0.25) is 4.79 Å². The van der Waals surface area contributed by atoms with E-state index in [2.05, 4.69) is 15.9 Å². The van der Waals surface area contributed by atoms with Gasteiger partial charge in [-0.25, -0.2) is 8.42 Å². The third kappa shape index (κ3) is 3.74. The summed E-state index contributed by atoms with van der Waals surface area (Å²) in [5.41, 5.74) is 0. The number of benzene rings is 2. The van der Waals surface area contributed by atoms with Crippen LogP contribution >= 0.6 is 15.9 Å². The Morgan fingerprint density at radius 3 is 2.43 bits per heavy atom. The van der Waals surface area contributed by atoms with Crippen LogP contribution in [0.4, 0.5) is 0 Å². The predicted octanol–water partition coefficient (Wildman–Crippen LogP) is 2.12. The molecule has 0 aliphatic carbocycles. The van der Waals surface area contributed by atoms with Crippen molar-refractivity contribution in [3.8, 4) is 11.5 Å². The van der Waals surface area contributed by atoms with E-state index < -0.39 is 16.1 Å². The number of carbonyl (C=O) groups excluding carboxylic acids is 1. The Labute approximate surface area is 172 Å². The van der Waals surface area contributed by atoms with E-state index in [1.807, 2.05) is 12.1 Å². The van der Waals surface area contributed by atoms with Crippen LogP contribution in [0.25, 0.3) is 0 Å². The van der Waals surface area contributed by atoms with Gasteiger partial charge in [0.25, 0.3) is 5.91 Å². The van der Waals surface area contributed by atoms with Crippen LogP contribution in [0.3, 0.4) is 0 Å². The fourth-order valence-corrected chi connectivity index (χ4v) is 5.29. The Morgan fingerprint density at radius 2 is 1.71 bits per heavy atom. The number of para-hydroxylation sites is 2. The molecule has 9 heteroatoms. The molecule has 2 aliphatic rings. The number of hydrogen-bond donors (Lipinski definition) is 0. The highest BCUT2D eigenvalue weighted by atomic mass is 79.9. The Hall–Kier alpha value is -2.10. The highest BCUT2D eigenvalue weighted by molar-refractivity contribution is 9.10. The van der Waals surface area contributed by atoms with Gasteiger partial charge in [0.15, 0.2) is 11.5 Å². The molecule has 148 valence electrons. The van der Waals surface area contributed by atoms with E-state index >= 15 is 0 Å². The van der Waals surface area contributed by atoms with E-state index in [1.165, 1.54) is 4.31 Å². The average molecular weight is 467 g/mol. The standard InChI is InChI=1S/C19H19BrN2O5S/c20-14-4-3-5-15(12-14)28(24,25)22-10-8-21(9-11-22)19(23)18-13-26-16-6-1-2-7-17(16)27-18/h1-7,12,18H,8-11,13H2/t18-/m1/s1. The lowest BCUT2D eigenvalue weighted by Gasteiger charge is -2.36. The summed E-state index contributed by atoms with van der Waals surface area (Å²) in [6.45, 7) is 1.25. The summed E-state index contributed by atoms with van der Waals surface area (Å²) in [7, 11) is -3.59. The first kappa shape index (κ1) is 19.2. The molecule has 0 radical (unpaired) electrons. The minimum atomic E-state index is -3.59. The van der Waals surface area contributed by atoms with Crippen molar-refractivity contribution >= 4 is 31.9 Å². The van der Waals surface area contributed by atoms with Gasteiger partial charge >= 0.3 is 0 Å². The smallest absolute Gasteiger partial charge is 0.267 e. The summed E-state index contributed by atoms with van der Waals surface area (Å²) in [5, 5.41) is 0. The van der Waals surface area contributed by atoms with Gasteiger partial charge in [-0.05, 0) is 30.3 Å². The van der Waals surface area contributed by atoms with Crippen molar-refractivity contribution in [1.29, 1.82) is 0 Å². The largest absolute Gasteiger partial charge is 0.485 e. The first-order valence-electron chi connectivity index (χ1n) is 8.88. The summed E-state index contributed by atoms with van der Waals surface area (Å²) in [5.74, 6) is 0.980. The summed E-state index contributed by atoms with van der Waals surface area (Å²) in [6.07, 6.45) is -0.719. The molecule has 1 fully saturated rings. The normalized spacial score (nSPS) is 20.0. The molecule has 2 heterocycles. The molecule has 0 bridgehead atoms. The van der Waals surface area contributed by atoms with E-state index in [-0.39, 0.29) is 30.5 Å². The van der Waals surface area contributed by atoms with Gasteiger partial charge in [-0.15, -0.1) is 0 Å². The predicted molar refractivity (Wildman–Crippen MR) is 106 cm³/mol. The first-order chi connectivity index (χ1) is 13.4. The molecular formula is C19H19BrN2O5S. The Kier molecular flexibility index (Phi) is 5.31. The van der Waals surface area contributed by atoms with E-state index in [0.717, 1.165) is 0 Å². The van der Waals surface area contributed by atoms with Crippen LogP contribution in [-0.4, -0.2) is 62.4 Å². The van der Waals surface area contributed by atoms with Gasteiger partial charge in [-0.1, -0.05) is 34.1 Å². The van der Waals surface area contributed by atoms with Crippen LogP contribution in [-0.2, 0) is 14.8 Å². The quantitative estimate of drug-likeness (QED) is 0.692. The van der Waals surface area contributed by atoms with E-state index in [1.54, 1.807) is 41.3 Å². The molecule has 1 amide bonds. The molecule has 0 N–H and O–H groups in total. The molecule has 1 atom stereocenters. The van der Waals surface area contributed by atoms with Crippen molar-refractivity contribution in [3.63, 3.8) is 0 Å². The van der Waals surface area contributed by atoms with E-state index in [9.17, 15) is 13.2 Å². The number of nitrogens with zero attached hydrogens (tertiary/aromatic N) is 2. The summed E-state index contributed by atoms with van der Waals surface area (Å²) < 4.78 is 39.1. The topological polar surface area (TPSA) is 76.2 Å². The lowest BCUT2D eigenvalue weighted by atomic mass is 10.2. The summed E-state index contributed by atoms with van der Waals surface area (Å²) in [4.78, 5) is 14.7. The van der Waals surface area contributed by atoms with Crippen molar-refractivity contribution in [2.45, 2.75) is 11.0 Å². The number of amides is 1. The van der Waals surface area contributed by atoms with Crippen LogP contribution in [0.15, 0.2) is 57.9 Å². The molecule has 4 rings (SSSR count). The number of halogens is 1. The second-order valence-electron chi connectivity index (χ2n) is 6.55. The second-order valence-corrected chi connectivity index (χ2v) is 9.40. The fourth-order valence-electron chi connectivity index (χ4n) is 3.27. The van der Waals surface area contributed by atoms with Crippen LogP contribution in [0.2, 0.25) is 0 Å². The van der Waals surface area contributed by atoms with Crippen LogP contribution in [0, 0.1) is 0 Å². The first-order valence-corrected chi connectivity index (χ1v) is 11.1. The van der Waals surface area contributed by atoms with Crippen LogP contribution in [0.1, 0.15) is 0 Å². The van der Waals surface area contributed by atoms with Gasteiger partial charge in [0.05, 0.1) is 4.90 Å². The lowest BCUT2D eigenvalue weighted by molar-refractivity contribution is -0.142. The molecular weight excluding hydrogens is 448 g/mol. The van der Waals surface area contributed by atoms with Crippen molar-refractivity contribution in [2.24, 2.45) is 0 Å². The Balaban J connectivity index is 1.40. The zero-order chi connectivity index (χ0) is 19.7. The number of carbonyl (C=O) groups is 1. The number of sulfonamides is 1. The molecule has 0 aromatic heterocycles. The second kappa shape index (κ2) is 7.73. The fraction of sp³-hybridized carbons (Fsp3) is 0.316. The van der Waals surface area contributed by atoms with Gasteiger partial charge in [0, 0.05) is 30.7 Å². The summed E-state index contributed by atoms with van der Waals surface area (Å²) in [6, 6.07) is 13.8. The van der Waals surface area contributed by atoms with Crippen LogP contribution < -0.4 is 9.47 Å². The third-order valence-corrected chi connectivity index (χ3v) is 7.16. The van der Waals surface area contributed by atoms with Crippen LogP contribution in [0.5, 0.6) is 11.5 Å². The highest BCUT2D eigenvalue weighted by Gasteiger charge is 2.35. The molecule has 0 unspecified atom stereocenters. The van der Waals surface area contributed by atoms with Gasteiger partial charge in [0.2, 0.25) is 16.1 Å². The van der Waals surface area contributed by atoms with Gasteiger partial charge in [-0.2, -0.15) is 4.31 Å². The van der Waals surface area contributed by atoms with E-state index in [4.69, 9.17) is 9.47 Å². The number of ether oxygens (including phenoxy) is 2. The monoisotopic (exact) mass is 466 g/mol. The Morgan fingerprint density at radius 1 is 1.00 bits per heavy atom. The van der Waals surface area contributed by atoms with Gasteiger partial charge in [0.1, 0.15) is 6.61 Å². The number of fused-ring (bicyclic) bond motifs is 1. The average Bonchev–Trinajstić information content (AvgIpc) is 2.73. The molecule has 1 saturated heterocycles. The molecule has 2 aromatic carbocycles. The highest BCUT2D eigenvalue weighted by Crippen LogP contribution is 2.31. The van der Waals surface area contributed by atoms with Crippen molar-refractivity contribution in [3.05, 3.63) is 53.0 Å². The number of rotatable bonds is 3. The maximum absolute atomic E-state index is 12.8. The molecule has 2 aromatic rings. The zero-order valence-corrected chi connectivity index (χ0v) is 17.4. The molecule has 0 spiro atoms. The van der Waals surface area contributed by atoms with Crippen molar-refractivity contribution in [2.75, 3.05) is 32.8 Å². The summed E-state index contributed by atoms with van der Waals surface area (Å²) >= 11 is 3.30. The maximum atomic E-state index is 12.8. The minimum Gasteiger partial charge on any atom is -0.485 e.